The summed E-state index contributed by atoms with van der Waals surface area (Å²) in [6.45, 7) is 11.2. The van der Waals surface area contributed by atoms with Crippen molar-refractivity contribution >= 4 is 35.8 Å². The van der Waals surface area contributed by atoms with E-state index in [0.29, 0.717) is 18.7 Å². The van der Waals surface area contributed by atoms with Crippen LogP contribution in [0.1, 0.15) is 49.2 Å². The standard InChI is InChI=1S/C23H32N4O.HI/c1-5-24-21(28)19-14-12-18(13-15-19)16-26-22(25-6-2)27-17-23(3,4)20-10-8-7-9-11-20;/h7-15H,5-6,16-17H2,1-4H3,(H,24,28)(H2,25,26,27);1H. The van der Waals surface area contributed by atoms with Crippen LogP contribution in [0, 0.1) is 0 Å². The number of hydrogen-bond donors (Lipinski definition) is 3. The molecule has 2 aromatic carbocycles. The van der Waals surface area contributed by atoms with Crippen molar-refractivity contribution in [3.8, 4) is 0 Å². The Balaban J connectivity index is 0.00000420. The second-order valence-electron chi connectivity index (χ2n) is 7.36. The lowest BCUT2D eigenvalue weighted by atomic mass is 9.85. The van der Waals surface area contributed by atoms with Crippen molar-refractivity contribution in [3.05, 3.63) is 71.3 Å². The highest BCUT2D eigenvalue weighted by molar-refractivity contribution is 14.0. The van der Waals surface area contributed by atoms with Crippen molar-refractivity contribution in [1.82, 2.24) is 16.0 Å². The minimum absolute atomic E-state index is 0. The summed E-state index contributed by atoms with van der Waals surface area (Å²) in [5.74, 6) is 0.745. The van der Waals surface area contributed by atoms with Crippen molar-refractivity contribution < 1.29 is 4.79 Å². The first-order valence-electron chi connectivity index (χ1n) is 9.91. The molecule has 0 radical (unpaired) electrons. The number of amides is 1. The predicted octanol–water partition coefficient (Wildman–Crippen LogP) is 4.09. The van der Waals surface area contributed by atoms with Gasteiger partial charge in [0, 0.05) is 30.6 Å². The molecule has 0 saturated heterocycles. The first-order valence-corrected chi connectivity index (χ1v) is 9.91. The van der Waals surface area contributed by atoms with Gasteiger partial charge in [0.05, 0.1) is 6.54 Å². The van der Waals surface area contributed by atoms with E-state index in [0.717, 1.165) is 24.6 Å². The van der Waals surface area contributed by atoms with Gasteiger partial charge < -0.3 is 16.0 Å². The van der Waals surface area contributed by atoms with E-state index in [1.807, 2.05) is 37.3 Å². The average molecular weight is 508 g/mol. The normalized spacial score (nSPS) is 11.4. The van der Waals surface area contributed by atoms with E-state index in [-0.39, 0.29) is 35.3 Å². The fraction of sp³-hybridized carbons (Fsp3) is 0.391. The summed E-state index contributed by atoms with van der Waals surface area (Å²) >= 11 is 0. The maximum absolute atomic E-state index is 11.8. The fourth-order valence-electron chi connectivity index (χ4n) is 2.83. The Morgan fingerprint density at radius 2 is 1.52 bits per heavy atom. The van der Waals surface area contributed by atoms with Gasteiger partial charge in [0.1, 0.15) is 0 Å². The van der Waals surface area contributed by atoms with Gasteiger partial charge in [0.15, 0.2) is 5.96 Å². The number of nitrogens with zero attached hydrogens (tertiary/aromatic N) is 1. The van der Waals surface area contributed by atoms with Gasteiger partial charge in [-0.25, -0.2) is 4.99 Å². The van der Waals surface area contributed by atoms with E-state index < -0.39 is 0 Å². The SMILES string of the molecule is CCNC(=O)c1ccc(CN=C(NCC)NCC(C)(C)c2ccccc2)cc1.I. The van der Waals surface area contributed by atoms with E-state index in [4.69, 9.17) is 0 Å². The highest BCUT2D eigenvalue weighted by Gasteiger charge is 2.20. The maximum atomic E-state index is 11.8. The van der Waals surface area contributed by atoms with Crippen LogP contribution in [0.4, 0.5) is 0 Å². The third-order valence-electron chi connectivity index (χ3n) is 4.57. The van der Waals surface area contributed by atoms with Gasteiger partial charge >= 0.3 is 0 Å². The topological polar surface area (TPSA) is 65.5 Å². The molecule has 0 atom stereocenters. The van der Waals surface area contributed by atoms with Gasteiger partial charge in [-0.3, -0.25) is 4.79 Å². The molecule has 0 spiro atoms. The molecule has 2 rings (SSSR count). The van der Waals surface area contributed by atoms with Crippen LogP contribution in [0.25, 0.3) is 0 Å². The molecule has 0 aliphatic rings. The largest absolute Gasteiger partial charge is 0.357 e. The lowest BCUT2D eigenvalue weighted by Crippen LogP contribution is -2.43. The zero-order valence-electron chi connectivity index (χ0n) is 17.8. The van der Waals surface area contributed by atoms with Crippen LogP contribution in [0.2, 0.25) is 0 Å². The molecule has 0 aliphatic heterocycles. The summed E-state index contributed by atoms with van der Waals surface area (Å²) < 4.78 is 0. The second kappa shape index (κ2) is 12.5. The number of aliphatic imine (C=N–C) groups is 1. The highest BCUT2D eigenvalue weighted by atomic mass is 127. The van der Waals surface area contributed by atoms with Crippen molar-refractivity contribution in [2.75, 3.05) is 19.6 Å². The summed E-state index contributed by atoms with van der Waals surface area (Å²) in [5, 5.41) is 9.55. The Hall–Kier alpha value is -2.09. The maximum Gasteiger partial charge on any atom is 0.251 e. The van der Waals surface area contributed by atoms with Crippen LogP contribution in [0.5, 0.6) is 0 Å². The van der Waals surface area contributed by atoms with E-state index in [9.17, 15) is 4.79 Å². The molecule has 0 aromatic heterocycles. The van der Waals surface area contributed by atoms with Crippen molar-refractivity contribution in [2.45, 2.75) is 39.7 Å². The van der Waals surface area contributed by atoms with Crippen molar-refractivity contribution in [1.29, 1.82) is 0 Å². The van der Waals surface area contributed by atoms with E-state index in [1.54, 1.807) is 0 Å². The molecule has 29 heavy (non-hydrogen) atoms. The Morgan fingerprint density at radius 1 is 0.897 bits per heavy atom. The molecule has 5 nitrogen and oxygen atoms in total. The second-order valence-corrected chi connectivity index (χ2v) is 7.36. The van der Waals surface area contributed by atoms with Crippen LogP contribution in [0.15, 0.2) is 59.6 Å². The number of guanidine groups is 1. The molecule has 3 N–H and O–H groups in total. The third-order valence-corrected chi connectivity index (χ3v) is 4.57. The summed E-state index contributed by atoms with van der Waals surface area (Å²) in [5.41, 5.74) is 3.02. The van der Waals surface area contributed by atoms with E-state index >= 15 is 0 Å². The summed E-state index contributed by atoms with van der Waals surface area (Å²) in [6, 6.07) is 18.1. The molecule has 2 aromatic rings. The number of nitrogens with one attached hydrogen (secondary N) is 3. The summed E-state index contributed by atoms with van der Waals surface area (Å²) in [7, 11) is 0. The first kappa shape index (κ1) is 24.9. The molecule has 0 aliphatic carbocycles. The average Bonchev–Trinajstić information content (AvgIpc) is 2.71. The summed E-state index contributed by atoms with van der Waals surface area (Å²) in [4.78, 5) is 16.5. The monoisotopic (exact) mass is 508 g/mol. The Bertz CT molecular complexity index is 773. The number of carbonyl (C=O) groups is 1. The lowest BCUT2D eigenvalue weighted by Gasteiger charge is -2.26. The van der Waals surface area contributed by atoms with E-state index in [2.05, 4.69) is 66.0 Å². The fourth-order valence-corrected chi connectivity index (χ4v) is 2.83. The number of benzene rings is 2. The first-order chi connectivity index (χ1) is 13.5. The van der Waals surface area contributed by atoms with Gasteiger partial charge in [-0.05, 0) is 37.1 Å². The van der Waals surface area contributed by atoms with Gasteiger partial charge in [-0.2, -0.15) is 0 Å². The number of hydrogen-bond acceptors (Lipinski definition) is 2. The summed E-state index contributed by atoms with van der Waals surface area (Å²) in [6.07, 6.45) is 0. The van der Waals surface area contributed by atoms with Crippen LogP contribution in [-0.4, -0.2) is 31.5 Å². The van der Waals surface area contributed by atoms with Gasteiger partial charge in [-0.15, -0.1) is 24.0 Å². The molecule has 6 heteroatoms. The Kier molecular flexibility index (Phi) is 10.7. The van der Waals surface area contributed by atoms with E-state index in [1.165, 1.54) is 5.56 Å². The molecule has 0 fully saturated rings. The lowest BCUT2D eigenvalue weighted by molar-refractivity contribution is 0.0956. The number of halogens is 1. The van der Waals surface area contributed by atoms with Crippen LogP contribution >= 0.6 is 24.0 Å². The quantitative estimate of drug-likeness (QED) is 0.286. The Morgan fingerprint density at radius 3 is 2.10 bits per heavy atom. The Labute approximate surface area is 191 Å². The zero-order chi connectivity index (χ0) is 20.4. The zero-order valence-corrected chi connectivity index (χ0v) is 20.1. The molecule has 0 unspecified atom stereocenters. The van der Waals surface area contributed by atoms with Gasteiger partial charge in [0.2, 0.25) is 0 Å². The minimum Gasteiger partial charge on any atom is -0.357 e. The molecular formula is C23H33IN4O. The van der Waals surface area contributed by atoms with Crippen LogP contribution in [-0.2, 0) is 12.0 Å². The molecule has 0 heterocycles. The number of carbonyl (C=O) groups excluding carboxylic acids is 1. The molecule has 1 amide bonds. The van der Waals surface area contributed by atoms with Crippen molar-refractivity contribution in [3.63, 3.8) is 0 Å². The molecule has 0 bridgehead atoms. The van der Waals surface area contributed by atoms with Crippen molar-refractivity contribution in [2.24, 2.45) is 4.99 Å². The predicted molar refractivity (Wildman–Crippen MR) is 132 cm³/mol. The van der Waals surface area contributed by atoms with Gasteiger partial charge in [0.25, 0.3) is 5.91 Å². The van der Waals surface area contributed by atoms with Crippen LogP contribution in [0.3, 0.4) is 0 Å². The number of rotatable bonds is 8. The van der Waals surface area contributed by atoms with Gasteiger partial charge in [-0.1, -0.05) is 56.3 Å². The molecule has 0 saturated carbocycles. The smallest absolute Gasteiger partial charge is 0.251 e. The minimum atomic E-state index is -0.0456. The molecular weight excluding hydrogens is 475 g/mol. The van der Waals surface area contributed by atoms with Crippen LogP contribution < -0.4 is 16.0 Å². The third kappa shape index (κ3) is 8.04. The molecule has 158 valence electrons. The highest BCUT2D eigenvalue weighted by Crippen LogP contribution is 2.21.